The number of nitrogens with one attached hydrogen (secondary N) is 2. The van der Waals surface area contributed by atoms with Gasteiger partial charge in [-0.15, -0.1) is 11.3 Å². The zero-order valence-corrected chi connectivity index (χ0v) is 18.7. The Bertz CT molecular complexity index is 1130. The van der Waals surface area contributed by atoms with Gasteiger partial charge >= 0.3 is 0 Å². The second kappa shape index (κ2) is 9.17. The number of aryl methyl sites for hydroxylation is 1. The Kier molecular flexibility index (Phi) is 6.35. The van der Waals surface area contributed by atoms with Crippen molar-refractivity contribution in [3.63, 3.8) is 0 Å². The molecule has 1 atom stereocenters. The molecule has 2 aromatic carbocycles. The van der Waals surface area contributed by atoms with Gasteiger partial charge < -0.3 is 10.2 Å². The number of sulfonamides is 1. The van der Waals surface area contributed by atoms with E-state index in [-0.39, 0.29) is 18.3 Å². The summed E-state index contributed by atoms with van der Waals surface area (Å²) in [6.45, 7) is 3.39. The van der Waals surface area contributed by atoms with Crippen LogP contribution in [0.3, 0.4) is 0 Å². The van der Waals surface area contributed by atoms with Gasteiger partial charge in [-0.2, -0.15) is 0 Å². The van der Waals surface area contributed by atoms with E-state index in [1.54, 1.807) is 22.4 Å². The average molecular weight is 459 g/mol. The summed E-state index contributed by atoms with van der Waals surface area (Å²) in [7, 11) is -3.71. The first-order chi connectivity index (χ1) is 14.9. The fourth-order valence-electron chi connectivity index (χ4n) is 3.52. The summed E-state index contributed by atoms with van der Waals surface area (Å²) in [5.41, 5.74) is 3.17. The fraction of sp³-hybridized carbons (Fsp3) is 0.273. The van der Waals surface area contributed by atoms with Crippen LogP contribution in [-0.2, 0) is 21.2 Å². The summed E-state index contributed by atoms with van der Waals surface area (Å²) in [6.07, 6.45) is 3.12. The van der Waals surface area contributed by atoms with Gasteiger partial charge in [-0.05, 0) is 56.1 Å². The van der Waals surface area contributed by atoms with Crippen molar-refractivity contribution >= 4 is 38.1 Å². The second-order valence-electron chi connectivity index (χ2n) is 7.46. The number of amides is 1. The Morgan fingerprint density at radius 3 is 2.58 bits per heavy atom. The van der Waals surface area contributed by atoms with Gasteiger partial charge in [-0.1, -0.05) is 29.8 Å². The number of aromatic nitrogens is 1. The Hall–Kier alpha value is -2.75. The molecule has 31 heavy (non-hydrogen) atoms. The van der Waals surface area contributed by atoms with Crippen LogP contribution in [0, 0.1) is 6.92 Å². The van der Waals surface area contributed by atoms with E-state index < -0.39 is 10.0 Å². The van der Waals surface area contributed by atoms with Gasteiger partial charge in [0, 0.05) is 25.2 Å². The quantitative estimate of drug-likeness (QED) is 0.540. The highest BCUT2D eigenvalue weighted by atomic mass is 32.2. The van der Waals surface area contributed by atoms with E-state index in [9.17, 15) is 13.2 Å². The van der Waals surface area contributed by atoms with E-state index in [1.807, 2.05) is 0 Å². The molecule has 0 bridgehead atoms. The minimum atomic E-state index is -3.71. The summed E-state index contributed by atoms with van der Waals surface area (Å²) < 4.78 is 27.4. The van der Waals surface area contributed by atoms with Crippen molar-refractivity contribution in [2.45, 2.75) is 30.7 Å². The first-order valence-corrected chi connectivity index (χ1v) is 12.4. The lowest BCUT2D eigenvalue weighted by Gasteiger charge is -2.18. The van der Waals surface area contributed by atoms with Crippen molar-refractivity contribution in [1.29, 1.82) is 0 Å². The number of benzene rings is 2. The predicted molar refractivity (Wildman–Crippen MR) is 125 cm³/mol. The maximum absolute atomic E-state index is 12.8. The molecule has 1 unspecified atom stereocenters. The van der Waals surface area contributed by atoms with Gasteiger partial charge in [0.25, 0.3) is 10.0 Å². The summed E-state index contributed by atoms with van der Waals surface area (Å²) in [5, 5.41) is 5.37. The van der Waals surface area contributed by atoms with E-state index in [0.717, 1.165) is 19.4 Å². The normalized spacial score (nSPS) is 16.6. The number of thiazole rings is 1. The van der Waals surface area contributed by atoms with Crippen molar-refractivity contribution in [2.24, 2.45) is 0 Å². The average Bonchev–Trinajstić information content (AvgIpc) is 3.39. The van der Waals surface area contributed by atoms with Gasteiger partial charge in [0.2, 0.25) is 5.91 Å². The highest BCUT2D eigenvalue weighted by Crippen LogP contribution is 2.25. The number of carbonyl (C=O) groups is 1. The molecular formula is C22H26N4O3S2. The number of hydrogen-bond acceptors (Lipinski definition) is 6. The number of nitrogens with zero attached hydrogens (tertiary/aromatic N) is 2. The smallest absolute Gasteiger partial charge is 0.263 e. The van der Waals surface area contributed by atoms with Gasteiger partial charge in [0.1, 0.15) is 0 Å². The van der Waals surface area contributed by atoms with Crippen LogP contribution in [0.1, 0.15) is 19.0 Å². The number of rotatable bonds is 8. The van der Waals surface area contributed by atoms with Gasteiger partial charge in [0.05, 0.1) is 10.9 Å². The van der Waals surface area contributed by atoms with Crippen LogP contribution in [0.5, 0.6) is 0 Å². The lowest BCUT2D eigenvalue weighted by Crippen LogP contribution is -2.39. The van der Waals surface area contributed by atoms with E-state index in [1.165, 1.54) is 40.8 Å². The molecule has 1 aliphatic rings. The third-order valence-corrected chi connectivity index (χ3v) is 7.42. The molecule has 4 rings (SSSR count). The molecule has 7 nitrogen and oxygen atoms in total. The molecule has 164 valence electrons. The molecule has 2 N–H and O–H groups in total. The molecule has 3 aromatic rings. The van der Waals surface area contributed by atoms with E-state index in [0.29, 0.717) is 17.4 Å². The zero-order chi connectivity index (χ0) is 21.8. The van der Waals surface area contributed by atoms with Gasteiger partial charge in [0.15, 0.2) is 5.13 Å². The van der Waals surface area contributed by atoms with E-state index in [2.05, 4.69) is 46.2 Å². The monoisotopic (exact) mass is 458 g/mol. The minimum Gasteiger partial charge on any atom is -0.311 e. The van der Waals surface area contributed by atoms with Gasteiger partial charge in [-0.25, -0.2) is 13.4 Å². The molecule has 9 heteroatoms. The predicted octanol–water partition coefficient (Wildman–Crippen LogP) is 3.44. The highest BCUT2D eigenvalue weighted by molar-refractivity contribution is 7.93. The van der Waals surface area contributed by atoms with Crippen molar-refractivity contribution in [1.82, 2.24) is 10.3 Å². The third-order valence-electron chi connectivity index (χ3n) is 5.24. The summed E-state index contributed by atoms with van der Waals surface area (Å²) in [5.74, 6) is 0.0143. The van der Waals surface area contributed by atoms with Crippen LogP contribution in [0.4, 0.5) is 10.8 Å². The summed E-state index contributed by atoms with van der Waals surface area (Å²) in [4.78, 5) is 18.6. The third kappa shape index (κ3) is 5.12. The molecule has 1 fully saturated rings. The summed E-state index contributed by atoms with van der Waals surface area (Å²) in [6, 6.07) is 14.5. The molecule has 1 saturated heterocycles. The lowest BCUT2D eigenvalue weighted by molar-refractivity contribution is -0.118. The van der Waals surface area contributed by atoms with E-state index in [4.69, 9.17) is 0 Å². The van der Waals surface area contributed by atoms with Crippen molar-refractivity contribution in [3.8, 4) is 0 Å². The zero-order valence-electron chi connectivity index (χ0n) is 17.1. The van der Waals surface area contributed by atoms with Crippen LogP contribution in [0.25, 0.3) is 0 Å². The Balaban J connectivity index is 0.00000289. The lowest BCUT2D eigenvalue weighted by atomic mass is 10.1. The standard InChI is InChI=1S/C22H24N4O3S2.H2/c1-16-2-4-17(5-3-16)10-12-23-20-11-14-26(21(20)27)18-6-8-19(9-7-18)31(28,29)25-22-24-13-15-30-22;/h2-9,13,15,20,23H,10-12,14H2,1H3,(H,24,25);1H. The molecule has 2 heterocycles. The van der Waals surface area contributed by atoms with Crippen molar-refractivity contribution in [2.75, 3.05) is 22.7 Å². The minimum absolute atomic E-state index is 0. The fourth-order valence-corrected chi connectivity index (χ4v) is 5.31. The highest BCUT2D eigenvalue weighted by Gasteiger charge is 2.32. The molecular weight excluding hydrogens is 432 g/mol. The number of hydrogen-bond donors (Lipinski definition) is 2. The Labute approximate surface area is 187 Å². The molecule has 1 aliphatic heterocycles. The van der Waals surface area contributed by atoms with E-state index >= 15 is 0 Å². The summed E-state index contributed by atoms with van der Waals surface area (Å²) >= 11 is 1.21. The largest absolute Gasteiger partial charge is 0.311 e. The molecule has 1 amide bonds. The molecule has 0 aliphatic carbocycles. The SMILES string of the molecule is Cc1ccc(CCNC2CCN(c3ccc(S(=O)(=O)Nc4nccs4)cc3)C2=O)cc1.[HH]. The maximum atomic E-state index is 12.8. The first kappa shape index (κ1) is 21.5. The number of carbonyl (C=O) groups excluding carboxylic acids is 1. The van der Waals surface area contributed by atoms with Gasteiger partial charge in [-0.3, -0.25) is 9.52 Å². The molecule has 0 radical (unpaired) electrons. The number of anilines is 2. The topological polar surface area (TPSA) is 91.4 Å². The second-order valence-corrected chi connectivity index (χ2v) is 10.0. The van der Waals surface area contributed by atoms with Crippen LogP contribution in [0.2, 0.25) is 0 Å². The van der Waals surface area contributed by atoms with Crippen LogP contribution in [0.15, 0.2) is 65.0 Å². The maximum Gasteiger partial charge on any atom is 0.263 e. The van der Waals surface area contributed by atoms with Crippen molar-refractivity contribution in [3.05, 3.63) is 71.2 Å². The Morgan fingerprint density at radius 1 is 1.16 bits per heavy atom. The van der Waals surface area contributed by atoms with Crippen LogP contribution >= 0.6 is 11.3 Å². The molecule has 1 aromatic heterocycles. The Morgan fingerprint density at radius 2 is 1.90 bits per heavy atom. The molecule has 0 saturated carbocycles. The van der Waals surface area contributed by atoms with Crippen LogP contribution in [-0.4, -0.2) is 38.4 Å². The first-order valence-electron chi connectivity index (χ1n) is 10.0. The van der Waals surface area contributed by atoms with Crippen molar-refractivity contribution < 1.29 is 14.6 Å². The van der Waals surface area contributed by atoms with Crippen LogP contribution < -0.4 is 14.9 Å². The molecule has 0 spiro atoms.